The number of carbonyl (C=O) groups excluding carboxylic acids is 1. The molecule has 0 saturated carbocycles. The molecule has 5 nitrogen and oxygen atoms in total. The summed E-state index contributed by atoms with van der Waals surface area (Å²) in [6, 6.07) is 8.11. The Morgan fingerprint density at radius 2 is 2.04 bits per heavy atom. The second-order valence-electron chi connectivity index (χ2n) is 6.83. The Kier molecular flexibility index (Phi) is 3.43. The number of likely N-dealkylation sites (tertiary alicyclic amines) is 1. The second kappa shape index (κ2) is 5.35. The number of H-pyrrole nitrogens is 1. The average Bonchev–Trinajstić information content (AvgIpc) is 2.96. The number of nitrogens with zero attached hydrogens (tertiary/aromatic N) is 1. The first-order valence-electron chi connectivity index (χ1n) is 8.27. The number of hydrogen-bond donors (Lipinski definition) is 2. The number of benzene rings is 1. The molecule has 0 radical (unpaired) electrons. The predicted molar refractivity (Wildman–Crippen MR) is 89.4 cm³/mol. The maximum absolute atomic E-state index is 12.2. The zero-order valence-corrected chi connectivity index (χ0v) is 13.7. The SMILES string of the molecule is COC(=O)[C@H]1Cc2c([nH]c3ccccc23)C2(CCN(C)CC2)N1. The summed E-state index contributed by atoms with van der Waals surface area (Å²) in [6.45, 7) is 2.05. The normalized spacial score (nSPS) is 23.8. The van der Waals surface area contributed by atoms with Gasteiger partial charge in [-0.2, -0.15) is 0 Å². The third-order valence-electron chi connectivity index (χ3n) is 5.48. The van der Waals surface area contributed by atoms with Gasteiger partial charge in [0, 0.05) is 23.0 Å². The van der Waals surface area contributed by atoms with Gasteiger partial charge in [-0.05, 0) is 44.6 Å². The van der Waals surface area contributed by atoms with Gasteiger partial charge in [-0.15, -0.1) is 0 Å². The molecule has 122 valence electrons. The van der Waals surface area contributed by atoms with Crippen LogP contribution in [-0.4, -0.2) is 49.1 Å². The van der Waals surface area contributed by atoms with Crippen LogP contribution in [0.2, 0.25) is 0 Å². The van der Waals surface area contributed by atoms with Crippen LogP contribution < -0.4 is 5.32 Å². The Morgan fingerprint density at radius 3 is 2.78 bits per heavy atom. The highest BCUT2D eigenvalue weighted by Crippen LogP contribution is 2.41. The van der Waals surface area contributed by atoms with Crippen LogP contribution in [0.25, 0.3) is 10.9 Å². The molecule has 0 bridgehead atoms. The van der Waals surface area contributed by atoms with E-state index in [1.54, 1.807) is 0 Å². The summed E-state index contributed by atoms with van der Waals surface area (Å²) in [5.74, 6) is -0.167. The van der Waals surface area contributed by atoms with E-state index in [1.807, 2.05) is 0 Å². The van der Waals surface area contributed by atoms with Gasteiger partial charge in [0.15, 0.2) is 0 Å². The molecule has 5 heteroatoms. The van der Waals surface area contributed by atoms with Crippen LogP contribution in [0.1, 0.15) is 24.1 Å². The molecule has 1 spiro atoms. The topological polar surface area (TPSA) is 57.4 Å². The van der Waals surface area contributed by atoms with Crippen molar-refractivity contribution >= 4 is 16.9 Å². The fourth-order valence-corrected chi connectivity index (χ4v) is 4.16. The first-order valence-corrected chi connectivity index (χ1v) is 8.27. The van der Waals surface area contributed by atoms with E-state index in [-0.39, 0.29) is 17.6 Å². The first kappa shape index (κ1) is 14.7. The molecule has 2 N–H and O–H groups in total. The highest BCUT2D eigenvalue weighted by Gasteiger charge is 2.45. The van der Waals surface area contributed by atoms with Crippen LogP contribution in [0.4, 0.5) is 0 Å². The molecule has 1 fully saturated rings. The summed E-state index contributed by atoms with van der Waals surface area (Å²) in [5, 5.41) is 4.86. The quantitative estimate of drug-likeness (QED) is 0.788. The lowest BCUT2D eigenvalue weighted by atomic mass is 9.77. The summed E-state index contributed by atoms with van der Waals surface area (Å²) in [7, 11) is 3.62. The lowest BCUT2D eigenvalue weighted by Gasteiger charge is -2.46. The Morgan fingerprint density at radius 1 is 1.30 bits per heavy atom. The summed E-state index contributed by atoms with van der Waals surface area (Å²) in [5.41, 5.74) is 3.55. The maximum atomic E-state index is 12.2. The molecule has 2 aliphatic rings. The van der Waals surface area contributed by atoms with Crippen molar-refractivity contribution in [2.45, 2.75) is 30.8 Å². The summed E-state index contributed by atoms with van der Waals surface area (Å²) in [6.07, 6.45) is 2.68. The molecule has 1 aromatic heterocycles. The van der Waals surface area contributed by atoms with E-state index in [4.69, 9.17) is 4.74 Å². The third-order valence-corrected chi connectivity index (χ3v) is 5.48. The van der Waals surface area contributed by atoms with Crippen molar-refractivity contribution in [2.75, 3.05) is 27.2 Å². The van der Waals surface area contributed by atoms with E-state index in [2.05, 4.69) is 46.5 Å². The molecule has 4 rings (SSSR count). The van der Waals surface area contributed by atoms with E-state index in [9.17, 15) is 4.79 Å². The molecule has 0 amide bonds. The van der Waals surface area contributed by atoms with E-state index >= 15 is 0 Å². The maximum Gasteiger partial charge on any atom is 0.323 e. The van der Waals surface area contributed by atoms with E-state index < -0.39 is 0 Å². The van der Waals surface area contributed by atoms with Gasteiger partial charge in [0.05, 0.1) is 12.6 Å². The Hall–Kier alpha value is -1.85. The van der Waals surface area contributed by atoms with E-state index in [1.165, 1.54) is 23.8 Å². The van der Waals surface area contributed by atoms with Crippen LogP contribution in [0, 0.1) is 0 Å². The number of rotatable bonds is 1. The van der Waals surface area contributed by atoms with E-state index in [0.29, 0.717) is 6.42 Å². The average molecular weight is 313 g/mol. The number of esters is 1. The third kappa shape index (κ3) is 2.26. The molecular formula is C18H23N3O2. The van der Waals surface area contributed by atoms with Gasteiger partial charge in [0.25, 0.3) is 0 Å². The molecule has 1 aromatic carbocycles. The minimum Gasteiger partial charge on any atom is -0.468 e. The van der Waals surface area contributed by atoms with Gasteiger partial charge in [-0.25, -0.2) is 0 Å². The monoisotopic (exact) mass is 313 g/mol. The Balaban J connectivity index is 1.85. The molecule has 0 unspecified atom stereocenters. The van der Waals surface area contributed by atoms with Crippen molar-refractivity contribution in [2.24, 2.45) is 0 Å². The van der Waals surface area contributed by atoms with E-state index in [0.717, 1.165) is 31.4 Å². The second-order valence-corrected chi connectivity index (χ2v) is 6.83. The molecule has 1 saturated heterocycles. The number of para-hydroxylation sites is 1. The van der Waals surface area contributed by atoms with Gasteiger partial charge >= 0.3 is 5.97 Å². The van der Waals surface area contributed by atoms with Crippen LogP contribution in [0.3, 0.4) is 0 Å². The molecule has 2 aliphatic heterocycles. The first-order chi connectivity index (χ1) is 11.1. The number of fused-ring (bicyclic) bond motifs is 4. The number of piperidine rings is 1. The molecule has 1 atom stereocenters. The van der Waals surface area contributed by atoms with Gasteiger partial charge in [-0.1, -0.05) is 18.2 Å². The van der Waals surface area contributed by atoms with Gasteiger partial charge < -0.3 is 14.6 Å². The highest BCUT2D eigenvalue weighted by atomic mass is 16.5. The molecule has 2 aromatic rings. The van der Waals surface area contributed by atoms with Gasteiger partial charge in [-0.3, -0.25) is 10.1 Å². The highest BCUT2D eigenvalue weighted by molar-refractivity contribution is 5.87. The van der Waals surface area contributed by atoms with Crippen molar-refractivity contribution in [3.05, 3.63) is 35.5 Å². The fraction of sp³-hybridized carbons (Fsp3) is 0.500. The summed E-state index contributed by atoms with van der Waals surface area (Å²) in [4.78, 5) is 18.2. The van der Waals surface area contributed by atoms with Crippen LogP contribution in [-0.2, 0) is 21.5 Å². The number of hydrogen-bond acceptors (Lipinski definition) is 4. The summed E-state index contributed by atoms with van der Waals surface area (Å²) >= 11 is 0. The van der Waals surface area contributed by atoms with Crippen molar-refractivity contribution in [1.29, 1.82) is 0 Å². The largest absolute Gasteiger partial charge is 0.468 e. The number of aromatic nitrogens is 1. The number of nitrogens with one attached hydrogen (secondary N) is 2. The Bertz CT molecular complexity index is 744. The predicted octanol–water partition coefficient (Wildman–Crippen LogP) is 1.78. The smallest absolute Gasteiger partial charge is 0.323 e. The van der Waals surface area contributed by atoms with Crippen LogP contribution >= 0.6 is 0 Å². The Labute approximate surface area is 136 Å². The minimum atomic E-state index is -0.268. The standard InChI is InChI=1S/C18H23N3O2/c1-21-9-7-18(8-10-21)16-13(11-15(20-18)17(22)23-2)12-5-3-4-6-14(12)19-16/h3-6,15,19-20H,7-11H2,1-2H3/t15-/m1/s1. The summed E-state index contributed by atoms with van der Waals surface area (Å²) < 4.78 is 5.03. The zero-order valence-electron chi connectivity index (χ0n) is 13.7. The number of ether oxygens (including phenoxy) is 1. The van der Waals surface area contributed by atoms with Crippen LogP contribution in [0.5, 0.6) is 0 Å². The number of aromatic amines is 1. The van der Waals surface area contributed by atoms with Gasteiger partial charge in [0.1, 0.15) is 6.04 Å². The van der Waals surface area contributed by atoms with Gasteiger partial charge in [0.2, 0.25) is 0 Å². The van der Waals surface area contributed by atoms with Crippen molar-refractivity contribution in [3.63, 3.8) is 0 Å². The molecule has 3 heterocycles. The lowest BCUT2D eigenvalue weighted by Crippen LogP contribution is -2.59. The number of methoxy groups -OCH3 is 1. The minimum absolute atomic E-state index is 0.155. The number of carbonyl (C=O) groups is 1. The lowest BCUT2D eigenvalue weighted by molar-refractivity contribution is -0.144. The zero-order chi connectivity index (χ0) is 16.0. The van der Waals surface area contributed by atoms with Crippen molar-refractivity contribution in [1.82, 2.24) is 15.2 Å². The van der Waals surface area contributed by atoms with Crippen molar-refractivity contribution in [3.8, 4) is 0 Å². The molecule has 23 heavy (non-hydrogen) atoms. The fourth-order valence-electron chi connectivity index (χ4n) is 4.16. The molecular weight excluding hydrogens is 290 g/mol. The van der Waals surface area contributed by atoms with Crippen molar-refractivity contribution < 1.29 is 9.53 Å². The molecule has 0 aliphatic carbocycles. The van der Waals surface area contributed by atoms with Crippen LogP contribution in [0.15, 0.2) is 24.3 Å².